The number of hydrogen-bond acceptors (Lipinski definition) is 6. The summed E-state index contributed by atoms with van der Waals surface area (Å²) in [6.45, 7) is 6.47. The number of unbranched alkanes of at least 4 members (excludes halogenated alkanes) is 25. The van der Waals surface area contributed by atoms with E-state index in [0.717, 1.165) is 103 Å². The van der Waals surface area contributed by atoms with Crippen LogP contribution in [0.2, 0.25) is 0 Å². The molecule has 0 radical (unpaired) electrons. The van der Waals surface area contributed by atoms with E-state index in [1.165, 1.54) is 109 Å². The normalized spacial score (nSPS) is 12.6. The molecule has 1 unspecified atom stereocenters. The molecule has 0 saturated carbocycles. The third-order valence-corrected chi connectivity index (χ3v) is 11.4. The summed E-state index contributed by atoms with van der Waals surface area (Å²) in [5.74, 6) is -0.946. The zero-order chi connectivity index (χ0) is 46.5. The molecule has 368 valence electrons. The summed E-state index contributed by atoms with van der Waals surface area (Å²) >= 11 is 0. The van der Waals surface area contributed by atoms with E-state index in [-0.39, 0.29) is 37.5 Å². The van der Waals surface area contributed by atoms with Crippen molar-refractivity contribution < 1.29 is 28.6 Å². The number of ether oxygens (including phenoxy) is 3. The van der Waals surface area contributed by atoms with Gasteiger partial charge in [0.2, 0.25) is 0 Å². The SMILES string of the molecule is CC/C=C\C/C=C\C/C=C\C/C=C\CCCCC(=O)OC(COC(=O)CCCCCCC/C=C\C/C=C\CCCCCC)COC(=O)CCCCCCCCCCCCCCCCC. The van der Waals surface area contributed by atoms with Gasteiger partial charge >= 0.3 is 17.9 Å². The van der Waals surface area contributed by atoms with E-state index in [9.17, 15) is 14.4 Å². The Morgan fingerprint density at radius 3 is 1.00 bits per heavy atom. The van der Waals surface area contributed by atoms with Crippen LogP contribution < -0.4 is 0 Å². The van der Waals surface area contributed by atoms with E-state index in [2.05, 4.69) is 93.7 Å². The van der Waals surface area contributed by atoms with Crippen molar-refractivity contribution in [1.29, 1.82) is 0 Å². The van der Waals surface area contributed by atoms with Crippen molar-refractivity contribution in [3.8, 4) is 0 Å². The first kappa shape index (κ1) is 60.9. The van der Waals surface area contributed by atoms with Crippen LogP contribution in [-0.2, 0) is 28.6 Å². The van der Waals surface area contributed by atoms with E-state index >= 15 is 0 Å². The van der Waals surface area contributed by atoms with Gasteiger partial charge in [-0.05, 0) is 89.9 Å². The smallest absolute Gasteiger partial charge is 0.306 e. The van der Waals surface area contributed by atoms with E-state index in [0.29, 0.717) is 19.3 Å². The average Bonchev–Trinajstić information content (AvgIpc) is 3.29. The van der Waals surface area contributed by atoms with E-state index in [4.69, 9.17) is 14.2 Å². The lowest BCUT2D eigenvalue weighted by molar-refractivity contribution is -0.167. The van der Waals surface area contributed by atoms with Gasteiger partial charge < -0.3 is 14.2 Å². The van der Waals surface area contributed by atoms with Crippen LogP contribution in [0.3, 0.4) is 0 Å². The third kappa shape index (κ3) is 49.9. The van der Waals surface area contributed by atoms with Crippen LogP contribution in [0.4, 0.5) is 0 Å². The summed E-state index contributed by atoms with van der Waals surface area (Å²) in [5, 5.41) is 0. The highest BCUT2D eigenvalue weighted by atomic mass is 16.6. The third-order valence-electron chi connectivity index (χ3n) is 11.4. The van der Waals surface area contributed by atoms with Crippen molar-refractivity contribution in [2.24, 2.45) is 0 Å². The molecule has 0 aliphatic rings. The molecule has 0 spiro atoms. The molecular formula is C58H100O6. The maximum atomic E-state index is 12.8. The molecule has 0 N–H and O–H groups in total. The molecule has 1 atom stereocenters. The lowest BCUT2D eigenvalue weighted by Gasteiger charge is -2.18. The average molecular weight is 893 g/mol. The van der Waals surface area contributed by atoms with Crippen molar-refractivity contribution in [3.05, 3.63) is 72.9 Å². The minimum Gasteiger partial charge on any atom is -0.462 e. The van der Waals surface area contributed by atoms with Gasteiger partial charge in [0, 0.05) is 19.3 Å². The van der Waals surface area contributed by atoms with Gasteiger partial charge in [-0.2, -0.15) is 0 Å². The van der Waals surface area contributed by atoms with Crippen LogP contribution in [0.5, 0.6) is 0 Å². The minimum absolute atomic E-state index is 0.0949. The van der Waals surface area contributed by atoms with E-state index < -0.39 is 6.10 Å². The van der Waals surface area contributed by atoms with Crippen molar-refractivity contribution in [1.82, 2.24) is 0 Å². The first-order valence-corrected chi connectivity index (χ1v) is 26.9. The Balaban J connectivity index is 4.46. The molecular weight excluding hydrogens is 793 g/mol. The van der Waals surface area contributed by atoms with Gasteiger partial charge in [0.15, 0.2) is 6.10 Å². The Hall–Kier alpha value is -3.15. The number of hydrogen-bond donors (Lipinski definition) is 0. The fourth-order valence-electron chi connectivity index (χ4n) is 7.40. The topological polar surface area (TPSA) is 78.9 Å². The van der Waals surface area contributed by atoms with Crippen molar-refractivity contribution in [2.75, 3.05) is 13.2 Å². The molecule has 0 heterocycles. The highest BCUT2D eigenvalue weighted by Crippen LogP contribution is 2.15. The van der Waals surface area contributed by atoms with Crippen LogP contribution in [0, 0.1) is 0 Å². The van der Waals surface area contributed by atoms with Crippen molar-refractivity contribution >= 4 is 17.9 Å². The molecule has 0 aliphatic heterocycles. The van der Waals surface area contributed by atoms with Gasteiger partial charge in [0.05, 0.1) is 0 Å². The molecule has 0 aromatic heterocycles. The largest absolute Gasteiger partial charge is 0.462 e. The molecule has 64 heavy (non-hydrogen) atoms. The fraction of sp³-hybridized carbons (Fsp3) is 0.741. The molecule has 0 aliphatic carbocycles. The zero-order valence-corrected chi connectivity index (χ0v) is 42.0. The Morgan fingerprint density at radius 2 is 0.609 bits per heavy atom. The van der Waals surface area contributed by atoms with Crippen molar-refractivity contribution in [2.45, 2.75) is 264 Å². The predicted molar refractivity (Wildman–Crippen MR) is 274 cm³/mol. The lowest BCUT2D eigenvalue weighted by atomic mass is 10.0. The molecule has 0 fully saturated rings. The van der Waals surface area contributed by atoms with Gasteiger partial charge in [-0.25, -0.2) is 0 Å². The van der Waals surface area contributed by atoms with Gasteiger partial charge in [0.25, 0.3) is 0 Å². The second-order valence-corrected chi connectivity index (χ2v) is 17.8. The second-order valence-electron chi connectivity index (χ2n) is 17.8. The highest BCUT2D eigenvalue weighted by molar-refractivity contribution is 5.71. The summed E-state index contributed by atoms with van der Waals surface area (Å²) in [6.07, 6.45) is 66.0. The summed E-state index contributed by atoms with van der Waals surface area (Å²) < 4.78 is 16.8. The number of allylic oxidation sites excluding steroid dienone is 12. The van der Waals surface area contributed by atoms with Crippen LogP contribution in [0.25, 0.3) is 0 Å². The Labute approximate surface area is 395 Å². The predicted octanol–water partition coefficient (Wildman–Crippen LogP) is 17.8. The first-order valence-electron chi connectivity index (χ1n) is 26.9. The highest BCUT2D eigenvalue weighted by Gasteiger charge is 2.19. The molecule has 6 nitrogen and oxygen atoms in total. The molecule has 0 aromatic carbocycles. The Bertz CT molecular complexity index is 1210. The summed E-state index contributed by atoms with van der Waals surface area (Å²) in [7, 11) is 0. The zero-order valence-electron chi connectivity index (χ0n) is 42.0. The van der Waals surface area contributed by atoms with Crippen LogP contribution >= 0.6 is 0 Å². The minimum atomic E-state index is -0.801. The molecule has 0 bridgehead atoms. The quantitative estimate of drug-likeness (QED) is 0.0262. The number of esters is 3. The fourth-order valence-corrected chi connectivity index (χ4v) is 7.40. The molecule has 6 heteroatoms. The standard InChI is InChI=1S/C58H100O6/c1-4-7-10-13-16-19-22-25-28-31-33-36-39-42-45-48-51-57(60)63-54-55(64-58(61)52-49-46-43-40-37-34-30-27-24-21-18-15-12-9-6-3)53-62-56(59)50-47-44-41-38-35-32-29-26-23-20-17-14-11-8-5-2/h9,12,18-19,21-22,27-28,30-31,37,40,55H,4-8,10-11,13-17,20,23-26,29,32-36,38-39,41-54H2,1-3H3/b12-9-,21-18-,22-19-,30-27-,31-28-,40-37-. The molecule has 0 rings (SSSR count). The van der Waals surface area contributed by atoms with Gasteiger partial charge in [-0.15, -0.1) is 0 Å². The van der Waals surface area contributed by atoms with Gasteiger partial charge in [-0.3, -0.25) is 14.4 Å². The molecule has 0 aromatic rings. The van der Waals surface area contributed by atoms with E-state index in [1.807, 2.05) is 0 Å². The molecule has 0 amide bonds. The lowest BCUT2D eigenvalue weighted by Crippen LogP contribution is -2.30. The maximum absolute atomic E-state index is 12.8. The number of carbonyl (C=O) groups is 3. The van der Waals surface area contributed by atoms with Crippen LogP contribution in [-0.4, -0.2) is 37.2 Å². The monoisotopic (exact) mass is 893 g/mol. The maximum Gasteiger partial charge on any atom is 0.306 e. The second kappa shape index (κ2) is 52.5. The van der Waals surface area contributed by atoms with Crippen LogP contribution in [0.15, 0.2) is 72.9 Å². The van der Waals surface area contributed by atoms with Crippen molar-refractivity contribution in [3.63, 3.8) is 0 Å². The summed E-state index contributed by atoms with van der Waals surface area (Å²) in [4.78, 5) is 38.0. The first-order chi connectivity index (χ1) is 31.5. The number of rotatable bonds is 48. The molecule has 0 saturated heterocycles. The van der Waals surface area contributed by atoms with E-state index in [1.54, 1.807) is 0 Å². The van der Waals surface area contributed by atoms with Gasteiger partial charge in [-0.1, -0.05) is 222 Å². The number of carbonyl (C=O) groups excluding carboxylic acids is 3. The van der Waals surface area contributed by atoms with Gasteiger partial charge in [0.1, 0.15) is 13.2 Å². The van der Waals surface area contributed by atoms with Crippen LogP contribution in [0.1, 0.15) is 258 Å². The Morgan fingerprint density at radius 1 is 0.328 bits per heavy atom. The summed E-state index contributed by atoms with van der Waals surface area (Å²) in [6, 6.07) is 0. The summed E-state index contributed by atoms with van der Waals surface area (Å²) in [5.41, 5.74) is 0. The Kier molecular flexibility index (Phi) is 49.9.